The Morgan fingerprint density at radius 1 is 1.28 bits per heavy atom. The Hall–Kier alpha value is -1.94. The molecule has 4 aliphatic carbocycles. The van der Waals surface area contributed by atoms with Crippen molar-refractivity contribution in [3.05, 3.63) is 0 Å². The molecule has 134 valence electrons. The normalized spacial score (nSPS) is 40.2. The maximum Gasteiger partial charge on any atom is 0.238 e. The molecule has 2 bridgehead atoms. The van der Waals surface area contributed by atoms with Gasteiger partial charge in [0.2, 0.25) is 17.7 Å². The summed E-state index contributed by atoms with van der Waals surface area (Å²) in [6.07, 6.45) is 5.10. The fraction of sp³-hybridized carbons (Fsp3) is 0.778. The highest BCUT2D eigenvalue weighted by molar-refractivity contribution is 6.06. The molecule has 0 aromatic heterocycles. The van der Waals surface area contributed by atoms with Gasteiger partial charge in [0.15, 0.2) is 0 Å². The van der Waals surface area contributed by atoms with Crippen LogP contribution in [-0.4, -0.2) is 36.3 Å². The van der Waals surface area contributed by atoms with Gasteiger partial charge in [-0.2, -0.15) is 5.26 Å². The van der Waals surface area contributed by atoms with Gasteiger partial charge in [0.1, 0.15) is 5.54 Å². The Bertz CT molecular complexity index is 668. The minimum atomic E-state index is -1.04. The van der Waals surface area contributed by atoms with Crippen molar-refractivity contribution in [1.29, 1.82) is 5.26 Å². The van der Waals surface area contributed by atoms with Gasteiger partial charge in [0, 0.05) is 5.92 Å². The number of nitrogens with zero attached hydrogens (tertiary/aromatic N) is 1. The van der Waals surface area contributed by atoms with Crippen molar-refractivity contribution < 1.29 is 14.4 Å². The maximum absolute atomic E-state index is 12.8. The molecule has 0 aromatic rings. The largest absolute Gasteiger partial charge is 0.336 e. The number of carbonyl (C=O) groups excluding carboxylic acids is 3. The Kier molecular flexibility index (Phi) is 3.84. The van der Waals surface area contributed by atoms with Gasteiger partial charge < -0.3 is 10.6 Å². The zero-order valence-corrected chi connectivity index (χ0v) is 14.4. The van der Waals surface area contributed by atoms with Gasteiger partial charge >= 0.3 is 0 Å². The number of fused-ring (bicyclic) bond motifs is 2. The predicted molar refractivity (Wildman–Crippen MR) is 87.6 cm³/mol. The lowest BCUT2D eigenvalue weighted by molar-refractivity contribution is -0.137. The van der Waals surface area contributed by atoms with Crippen LogP contribution >= 0.6 is 0 Å². The molecule has 5 aliphatic rings. The first kappa shape index (κ1) is 16.5. The zero-order chi connectivity index (χ0) is 17.8. The summed E-state index contributed by atoms with van der Waals surface area (Å²) in [4.78, 5) is 37.2. The third-order valence-corrected chi connectivity index (χ3v) is 6.72. The standard InChI is InChI=1S/C18H24N4O3/c1-20-12(6-9-2-3-9)15(23)22-18(8-19)7-10-4-5-11(18)14-13(10)16(24)21-17(14)25/h9-14,20H,2-7H2,1H3,(H,22,23)(H,21,24,25)/t10-,11-,12?,13+,14-,18?/m1/s1. The molecule has 25 heavy (non-hydrogen) atoms. The fourth-order valence-electron chi connectivity index (χ4n) is 5.30. The van der Waals surface area contributed by atoms with Crippen LogP contribution in [0.25, 0.3) is 0 Å². The van der Waals surface area contributed by atoms with E-state index < -0.39 is 11.5 Å². The summed E-state index contributed by atoms with van der Waals surface area (Å²) >= 11 is 0. The van der Waals surface area contributed by atoms with Crippen molar-refractivity contribution in [3.8, 4) is 6.07 Å². The summed E-state index contributed by atoms with van der Waals surface area (Å²) in [5.41, 5.74) is -1.04. The second kappa shape index (κ2) is 5.80. The number of hydrogen-bond donors (Lipinski definition) is 3. The Balaban J connectivity index is 1.57. The van der Waals surface area contributed by atoms with Crippen LogP contribution in [0.5, 0.6) is 0 Å². The van der Waals surface area contributed by atoms with Crippen LogP contribution in [0, 0.1) is 40.9 Å². The first-order valence-corrected chi connectivity index (χ1v) is 9.24. The van der Waals surface area contributed by atoms with Crippen molar-refractivity contribution in [2.75, 3.05) is 7.05 Å². The van der Waals surface area contributed by atoms with E-state index in [-0.39, 0.29) is 41.5 Å². The fourth-order valence-corrected chi connectivity index (χ4v) is 5.30. The Morgan fingerprint density at radius 3 is 2.64 bits per heavy atom. The number of rotatable bonds is 5. The van der Waals surface area contributed by atoms with Crippen LogP contribution < -0.4 is 16.0 Å². The van der Waals surface area contributed by atoms with Gasteiger partial charge in [0.05, 0.1) is 23.9 Å². The quantitative estimate of drug-likeness (QED) is 0.611. The van der Waals surface area contributed by atoms with Crippen LogP contribution in [-0.2, 0) is 14.4 Å². The number of nitrogens with one attached hydrogen (secondary N) is 3. The predicted octanol–water partition coefficient (Wildman–Crippen LogP) is 0.0718. The maximum atomic E-state index is 12.8. The molecule has 3 amide bonds. The molecule has 0 aromatic carbocycles. The molecule has 5 rings (SSSR count). The molecular formula is C18H24N4O3. The van der Waals surface area contributed by atoms with Gasteiger partial charge in [-0.05, 0) is 44.6 Å². The van der Waals surface area contributed by atoms with Gasteiger partial charge in [-0.1, -0.05) is 12.8 Å². The van der Waals surface area contributed by atoms with Crippen molar-refractivity contribution >= 4 is 17.7 Å². The van der Waals surface area contributed by atoms with Crippen molar-refractivity contribution in [2.45, 2.75) is 50.1 Å². The molecule has 0 spiro atoms. The van der Waals surface area contributed by atoms with E-state index in [2.05, 4.69) is 22.0 Å². The summed E-state index contributed by atoms with van der Waals surface area (Å²) in [6, 6.07) is 2.01. The Labute approximate surface area is 146 Å². The molecule has 7 nitrogen and oxygen atoms in total. The van der Waals surface area contributed by atoms with Crippen LogP contribution in [0.2, 0.25) is 0 Å². The highest BCUT2D eigenvalue weighted by Gasteiger charge is 2.64. The van der Waals surface area contributed by atoms with E-state index in [1.165, 1.54) is 0 Å². The first-order chi connectivity index (χ1) is 12.0. The molecule has 1 saturated heterocycles. The molecule has 7 heteroatoms. The molecule has 6 atom stereocenters. The monoisotopic (exact) mass is 344 g/mol. The third-order valence-electron chi connectivity index (χ3n) is 6.72. The number of hydrogen-bond acceptors (Lipinski definition) is 5. The minimum Gasteiger partial charge on any atom is -0.336 e. The van der Waals surface area contributed by atoms with Crippen molar-refractivity contribution in [1.82, 2.24) is 16.0 Å². The van der Waals surface area contributed by atoms with E-state index in [1.807, 2.05) is 0 Å². The second-order valence-electron chi connectivity index (χ2n) is 8.15. The highest BCUT2D eigenvalue weighted by Crippen LogP contribution is 2.55. The average molecular weight is 344 g/mol. The van der Waals surface area contributed by atoms with Crippen LogP contribution in [0.15, 0.2) is 0 Å². The van der Waals surface area contributed by atoms with Crippen molar-refractivity contribution in [3.63, 3.8) is 0 Å². The Morgan fingerprint density at radius 2 is 2.00 bits per heavy atom. The minimum absolute atomic E-state index is 0.0159. The molecule has 4 saturated carbocycles. The summed E-state index contributed by atoms with van der Waals surface area (Å²) in [7, 11) is 1.76. The van der Waals surface area contributed by atoms with Gasteiger partial charge in [0.25, 0.3) is 0 Å². The van der Waals surface area contributed by atoms with E-state index in [0.717, 1.165) is 25.7 Å². The molecule has 0 radical (unpaired) electrons. The lowest BCUT2D eigenvalue weighted by atomic mass is 9.52. The summed E-state index contributed by atoms with van der Waals surface area (Å²) in [5.74, 6) is -1.16. The van der Waals surface area contributed by atoms with E-state index in [9.17, 15) is 19.6 Å². The van der Waals surface area contributed by atoms with Crippen LogP contribution in [0.4, 0.5) is 0 Å². The molecule has 1 aliphatic heterocycles. The number of amides is 3. The molecular weight excluding hydrogens is 320 g/mol. The summed E-state index contributed by atoms with van der Waals surface area (Å²) in [6.45, 7) is 0. The molecule has 2 unspecified atom stereocenters. The number of carbonyl (C=O) groups is 3. The van der Waals surface area contributed by atoms with Gasteiger partial charge in [-0.3, -0.25) is 19.7 Å². The lowest BCUT2D eigenvalue weighted by Crippen LogP contribution is -2.65. The van der Waals surface area contributed by atoms with Crippen LogP contribution in [0.3, 0.4) is 0 Å². The summed E-state index contributed by atoms with van der Waals surface area (Å²) in [5, 5.41) is 18.4. The molecule has 3 N–H and O–H groups in total. The van der Waals surface area contributed by atoms with Crippen LogP contribution in [0.1, 0.15) is 38.5 Å². The van der Waals surface area contributed by atoms with E-state index in [4.69, 9.17) is 0 Å². The smallest absolute Gasteiger partial charge is 0.238 e. The van der Waals surface area contributed by atoms with E-state index >= 15 is 0 Å². The topological polar surface area (TPSA) is 111 Å². The van der Waals surface area contributed by atoms with Gasteiger partial charge in [-0.25, -0.2) is 0 Å². The average Bonchev–Trinajstić information content (AvgIpc) is 3.37. The number of imide groups is 1. The first-order valence-electron chi connectivity index (χ1n) is 9.24. The lowest BCUT2D eigenvalue weighted by Gasteiger charge is -2.52. The SMILES string of the molecule is CNC(CC1CC1)C(=O)NC1(C#N)C[C@H]2CC[C@@H]1[C@H]1C(=O)NC(=O)[C@@H]21. The molecule has 1 heterocycles. The summed E-state index contributed by atoms with van der Waals surface area (Å²) < 4.78 is 0. The second-order valence-corrected chi connectivity index (χ2v) is 8.15. The third kappa shape index (κ3) is 2.54. The highest BCUT2D eigenvalue weighted by atomic mass is 16.2. The van der Waals surface area contributed by atoms with E-state index in [0.29, 0.717) is 18.8 Å². The van der Waals surface area contributed by atoms with Crippen molar-refractivity contribution in [2.24, 2.45) is 29.6 Å². The van der Waals surface area contributed by atoms with E-state index in [1.54, 1.807) is 7.05 Å². The number of nitriles is 1. The number of likely N-dealkylation sites (N-methyl/N-ethyl adjacent to an activating group) is 1. The molecule has 5 fully saturated rings. The van der Waals surface area contributed by atoms with Gasteiger partial charge in [-0.15, -0.1) is 0 Å². The zero-order valence-electron chi connectivity index (χ0n) is 14.4.